The average Bonchev–Trinajstić information content (AvgIpc) is 2.30. The van der Waals surface area contributed by atoms with E-state index < -0.39 is 0 Å². The summed E-state index contributed by atoms with van der Waals surface area (Å²) in [7, 11) is 0. The summed E-state index contributed by atoms with van der Waals surface area (Å²) in [5.74, 6) is 0.727. The zero-order chi connectivity index (χ0) is 12.5. The molecular weight excluding hydrogens is 210 g/mol. The second kappa shape index (κ2) is 8.26. The molecule has 1 aromatic rings. The van der Waals surface area contributed by atoms with Gasteiger partial charge in [-0.15, -0.1) is 0 Å². The molecule has 0 radical (unpaired) electrons. The van der Waals surface area contributed by atoms with E-state index in [0.29, 0.717) is 0 Å². The van der Waals surface area contributed by atoms with Gasteiger partial charge in [-0.3, -0.25) is 0 Å². The van der Waals surface area contributed by atoms with Crippen LogP contribution in [0.3, 0.4) is 0 Å². The minimum atomic E-state index is 0.727. The molecule has 0 bridgehead atoms. The van der Waals surface area contributed by atoms with Crippen molar-refractivity contribution in [1.29, 1.82) is 0 Å². The summed E-state index contributed by atoms with van der Waals surface area (Å²) >= 11 is 0. The summed E-state index contributed by atoms with van der Waals surface area (Å²) in [6, 6.07) is 8.90. The van der Waals surface area contributed by atoms with Crippen LogP contribution in [0.15, 0.2) is 24.3 Å². The normalized spacial score (nSPS) is 11.1. The lowest BCUT2D eigenvalue weighted by atomic mass is 10.0. The van der Waals surface area contributed by atoms with E-state index in [9.17, 15) is 0 Å². The summed E-state index contributed by atoms with van der Waals surface area (Å²) in [5.41, 5.74) is 2.77. The Bertz CT molecular complexity index is 292. The van der Waals surface area contributed by atoms with Crippen LogP contribution >= 0.6 is 0 Å². The van der Waals surface area contributed by atoms with Gasteiger partial charge < -0.3 is 10.1 Å². The third-order valence-electron chi connectivity index (χ3n) is 2.62. The lowest BCUT2D eigenvalue weighted by Crippen LogP contribution is -2.19. The highest BCUT2D eigenvalue weighted by Gasteiger charge is 1.98. The Labute approximate surface area is 105 Å². The SMILES string of the molecule is CCOCCNCc1ccc(CC(C)C)cc1. The zero-order valence-corrected chi connectivity index (χ0v) is 11.3. The molecule has 0 heterocycles. The molecule has 0 unspecified atom stereocenters. The summed E-state index contributed by atoms with van der Waals surface area (Å²) in [6.45, 7) is 9.96. The van der Waals surface area contributed by atoms with E-state index in [2.05, 4.69) is 43.4 Å². The zero-order valence-electron chi connectivity index (χ0n) is 11.3. The quantitative estimate of drug-likeness (QED) is 0.699. The molecule has 0 saturated heterocycles. The van der Waals surface area contributed by atoms with E-state index in [1.54, 1.807) is 0 Å². The molecule has 2 nitrogen and oxygen atoms in total. The topological polar surface area (TPSA) is 21.3 Å². The van der Waals surface area contributed by atoms with E-state index in [0.717, 1.165) is 38.6 Å². The highest BCUT2D eigenvalue weighted by molar-refractivity contribution is 5.22. The third kappa shape index (κ3) is 6.44. The number of nitrogens with one attached hydrogen (secondary N) is 1. The van der Waals surface area contributed by atoms with Gasteiger partial charge in [0.25, 0.3) is 0 Å². The van der Waals surface area contributed by atoms with E-state index in [4.69, 9.17) is 4.74 Å². The number of ether oxygens (including phenoxy) is 1. The molecule has 1 rings (SSSR count). The smallest absolute Gasteiger partial charge is 0.0590 e. The maximum atomic E-state index is 5.27. The highest BCUT2D eigenvalue weighted by Crippen LogP contribution is 2.09. The Kier molecular flexibility index (Phi) is 6.90. The fourth-order valence-electron chi connectivity index (χ4n) is 1.79. The molecule has 1 N–H and O–H groups in total. The van der Waals surface area contributed by atoms with Gasteiger partial charge in [0.2, 0.25) is 0 Å². The second-order valence-electron chi connectivity index (χ2n) is 4.79. The second-order valence-corrected chi connectivity index (χ2v) is 4.79. The molecule has 0 amide bonds. The van der Waals surface area contributed by atoms with Gasteiger partial charge in [0.05, 0.1) is 6.61 Å². The van der Waals surface area contributed by atoms with Crippen molar-refractivity contribution in [3.05, 3.63) is 35.4 Å². The Hall–Kier alpha value is -0.860. The van der Waals surface area contributed by atoms with E-state index in [1.807, 2.05) is 6.92 Å². The predicted octanol–water partition coefficient (Wildman–Crippen LogP) is 3.01. The van der Waals surface area contributed by atoms with Crippen molar-refractivity contribution in [3.8, 4) is 0 Å². The molecule has 0 aromatic heterocycles. The first-order valence-corrected chi connectivity index (χ1v) is 6.58. The first-order chi connectivity index (χ1) is 8.22. The molecule has 17 heavy (non-hydrogen) atoms. The van der Waals surface area contributed by atoms with Crippen LogP contribution in [0.4, 0.5) is 0 Å². The Morgan fingerprint density at radius 1 is 1.12 bits per heavy atom. The van der Waals surface area contributed by atoms with E-state index in [-0.39, 0.29) is 0 Å². The largest absolute Gasteiger partial charge is 0.380 e. The van der Waals surface area contributed by atoms with E-state index >= 15 is 0 Å². The van der Waals surface area contributed by atoms with Gasteiger partial charge in [0, 0.05) is 19.7 Å². The molecule has 0 aliphatic carbocycles. The maximum Gasteiger partial charge on any atom is 0.0590 e. The molecule has 0 aliphatic rings. The van der Waals surface area contributed by atoms with Crippen LogP contribution in [-0.4, -0.2) is 19.8 Å². The van der Waals surface area contributed by atoms with Crippen molar-refractivity contribution in [2.24, 2.45) is 5.92 Å². The van der Waals surface area contributed by atoms with Gasteiger partial charge in [-0.2, -0.15) is 0 Å². The highest BCUT2D eigenvalue weighted by atomic mass is 16.5. The average molecular weight is 235 g/mol. The molecule has 0 fully saturated rings. The Morgan fingerprint density at radius 3 is 2.35 bits per heavy atom. The van der Waals surface area contributed by atoms with Gasteiger partial charge in [-0.25, -0.2) is 0 Å². The lowest BCUT2D eigenvalue weighted by molar-refractivity contribution is 0.149. The first-order valence-electron chi connectivity index (χ1n) is 6.58. The Balaban J connectivity index is 2.25. The number of rotatable bonds is 8. The monoisotopic (exact) mass is 235 g/mol. The lowest BCUT2D eigenvalue weighted by Gasteiger charge is -2.07. The van der Waals surface area contributed by atoms with Gasteiger partial charge >= 0.3 is 0 Å². The molecule has 0 atom stereocenters. The van der Waals surface area contributed by atoms with Gasteiger partial charge in [-0.1, -0.05) is 38.1 Å². The molecule has 0 spiro atoms. The van der Waals surface area contributed by atoms with Crippen molar-refractivity contribution in [3.63, 3.8) is 0 Å². The minimum Gasteiger partial charge on any atom is -0.380 e. The first kappa shape index (κ1) is 14.2. The van der Waals surface area contributed by atoms with Crippen molar-refractivity contribution >= 4 is 0 Å². The van der Waals surface area contributed by atoms with Crippen LogP contribution < -0.4 is 5.32 Å². The van der Waals surface area contributed by atoms with Gasteiger partial charge in [-0.05, 0) is 30.4 Å². The van der Waals surface area contributed by atoms with Crippen molar-refractivity contribution < 1.29 is 4.74 Å². The summed E-state index contributed by atoms with van der Waals surface area (Å²) < 4.78 is 5.27. The van der Waals surface area contributed by atoms with Crippen LogP contribution in [-0.2, 0) is 17.7 Å². The van der Waals surface area contributed by atoms with Crippen molar-refractivity contribution in [1.82, 2.24) is 5.32 Å². The predicted molar refractivity (Wildman–Crippen MR) is 73.2 cm³/mol. The molecule has 0 aliphatic heterocycles. The van der Waals surface area contributed by atoms with E-state index in [1.165, 1.54) is 11.1 Å². The fourth-order valence-corrected chi connectivity index (χ4v) is 1.79. The molecule has 96 valence electrons. The van der Waals surface area contributed by atoms with Crippen LogP contribution in [0.1, 0.15) is 31.9 Å². The number of benzene rings is 1. The molecular formula is C15H25NO. The molecule has 2 heteroatoms. The molecule has 0 saturated carbocycles. The Morgan fingerprint density at radius 2 is 1.76 bits per heavy atom. The van der Waals surface area contributed by atoms with Crippen LogP contribution in [0.25, 0.3) is 0 Å². The summed E-state index contributed by atoms with van der Waals surface area (Å²) in [6.07, 6.45) is 1.16. The number of hydrogen-bond acceptors (Lipinski definition) is 2. The summed E-state index contributed by atoms with van der Waals surface area (Å²) in [4.78, 5) is 0. The fraction of sp³-hybridized carbons (Fsp3) is 0.600. The van der Waals surface area contributed by atoms with Gasteiger partial charge in [0.1, 0.15) is 0 Å². The van der Waals surface area contributed by atoms with Crippen molar-refractivity contribution in [2.75, 3.05) is 19.8 Å². The van der Waals surface area contributed by atoms with Gasteiger partial charge in [0.15, 0.2) is 0 Å². The van der Waals surface area contributed by atoms with Crippen LogP contribution in [0.2, 0.25) is 0 Å². The van der Waals surface area contributed by atoms with Crippen LogP contribution in [0, 0.1) is 5.92 Å². The van der Waals surface area contributed by atoms with Crippen molar-refractivity contribution in [2.45, 2.75) is 33.7 Å². The third-order valence-corrected chi connectivity index (χ3v) is 2.62. The molecule has 1 aromatic carbocycles. The minimum absolute atomic E-state index is 0.727. The standard InChI is InChI=1S/C15H25NO/c1-4-17-10-9-16-12-15-7-5-14(6-8-15)11-13(2)3/h5-8,13,16H,4,9-12H2,1-3H3. The van der Waals surface area contributed by atoms with Crippen LogP contribution in [0.5, 0.6) is 0 Å². The maximum absolute atomic E-state index is 5.27. The number of hydrogen-bond donors (Lipinski definition) is 1. The summed E-state index contributed by atoms with van der Waals surface area (Å²) in [5, 5.41) is 3.37.